The Labute approximate surface area is 142 Å². The first-order chi connectivity index (χ1) is 11.2. The molecule has 0 fully saturated rings. The first-order valence-corrected chi connectivity index (χ1v) is 8.36. The summed E-state index contributed by atoms with van der Waals surface area (Å²) in [6.07, 6.45) is 3.57. The van der Waals surface area contributed by atoms with Gasteiger partial charge in [-0.05, 0) is 24.5 Å². The minimum absolute atomic E-state index is 0.0354. The van der Waals surface area contributed by atoms with Crippen molar-refractivity contribution in [1.82, 2.24) is 15.0 Å². The minimum Gasteiger partial charge on any atom is -0.456 e. The van der Waals surface area contributed by atoms with Gasteiger partial charge in [0, 0.05) is 11.6 Å². The molecule has 0 radical (unpaired) electrons. The van der Waals surface area contributed by atoms with Gasteiger partial charge in [-0.3, -0.25) is 0 Å². The molecule has 0 aliphatic heterocycles. The molecule has 0 aliphatic rings. The number of rotatable bonds is 4. The molecule has 0 saturated heterocycles. The summed E-state index contributed by atoms with van der Waals surface area (Å²) in [5.41, 5.74) is 1.63. The van der Waals surface area contributed by atoms with Gasteiger partial charge in [0.1, 0.15) is 12.1 Å². The lowest BCUT2D eigenvalue weighted by Gasteiger charge is -2.07. The summed E-state index contributed by atoms with van der Waals surface area (Å²) in [5.74, 6) is -0.405. The van der Waals surface area contributed by atoms with Gasteiger partial charge < -0.3 is 4.74 Å². The molecule has 0 unspecified atom stereocenters. The number of nitrogens with zero attached hydrogens (tertiary/aromatic N) is 3. The van der Waals surface area contributed by atoms with E-state index < -0.39 is 5.97 Å². The summed E-state index contributed by atoms with van der Waals surface area (Å²) < 4.78 is 5.26. The van der Waals surface area contributed by atoms with Crippen molar-refractivity contribution in [1.29, 1.82) is 0 Å². The van der Waals surface area contributed by atoms with Crippen LogP contribution in [0.15, 0.2) is 47.8 Å². The Morgan fingerprint density at radius 3 is 2.78 bits per heavy atom. The number of carbonyl (C=O) groups excluding carboxylic acids is 1. The number of aromatic nitrogens is 3. The van der Waals surface area contributed by atoms with Gasteiger partial charge in [0.2, 0.25) is 0 Å². The van der Waals surface area contributed by atoms with Gasteiger partial charge in [0.15, 0.2) is 10.3 Å². The summed E-state index contributed by atoms with van der Waals surface area (Å²) in [6, 6.07) is 10.6. The highest BCUT2D eigenvalue weighted by molar-refractivity contribution is 7.98. The first-order valence-electron chi connectivity index (χ1n) is 6.75. The number of ether oxygens (including phenoxy) is 1. The zero-order valence-corrected chi connectivity index (χ0v) is 13.8. The molecule has 0 bridgehead atoms. The normalized spacial score (nSPS) is 10.7. The van der Waals surface area contributed by atoms with Crippen LogP contribution in [0.25, 0.3) is 10.9 Å². The molecular weight excluding hydrogens is 334 g/mol. The van der Waals surface area contributed by atoms with E-state index in [0.29, 0.717) is 21.9 Å². The molecule has 0 saturated carbocycles. The Morgan fingerprint density at radius 2 is 2.04 bits per heavy atom. The van der Waals surface area contributed by atoms with Crippen molar-refractivity contribution in [3.63, 3.8) is 0 Å². The van der Waals surface area contributed by atoms with Gasteiger partial charge in [-0.2, -0.15) is 0 Å². The van der Waals surface area contributed by atoms with Crippen molar-refractivity contribution < 1.29 is 9.53 Å². The van der Waals surface area contributed by atoms with Crippen molar-refractivity contribution in [2.75, 3.05) is 6.26 Å². The number of carbonyl (C=O) groups is 1. The third kappa shape index (κ3) is 3.60. The van der Waals surface area contributed by atoms with Gasteiger partial charge in [0.25, 0.3) is 0 Å². The Hall–Kier alpha value is -2.18. The standard InChI is InChI=1S/C16H12ClN3O2S/c1-23-16-18-8-11-7-12(19-14(17)13(11)20-16)9-22-15(21)10-5-3-2-4-6-10/h2-8H,9H2,1H3. The molecule has 0 atom stereocenters. The van der Waals surface area contributed by atoms with E-state index >= 15 is 0 Å². The lowest BCUT2D eigenvalue weighted by atomic mass is 10.2. The second-order valence-electron chi connectivity index (χ2n) is 4.64. The number of esters is 1. The van der Waals surface area contributed by atoms with Crippen LogP contribution in [0, 0.1) is 0 Å². The van der Waals surface area contributed by atoms with Crippen molar-refractivity contribution in [2.45, 2.75) is 11.8 Å². The van der Waals surface area contributed by atoms with Crippen LogP contribution in [0.1, 0.15) is 16.1 Å². The van der Waals surface area contributed by atoms with Crippen molar-refractivity contribution >= 4 is 40.2 Å². The fourth-order valence-electron chi connectivity index (χ4n) is 2.01. The summed E-state index contributed by atoms with van der Waals surface area (Å²) in [5, 5.41) is 1.66. The topological polar surface area (TPSA) is 65.0 Å². The lowest BCUT2D eigenvalue weighted by Crippen LogP contribution is -2.06. The molecule has 2 aromatic heterocycles. The van der Waals surface area contributed by atoms with E-state index in [1.165, 1.54) is 11.8 Å². The molecule has 0 spiro atoms. The van der Waals surface area contributed by atoms with Crippen LogP contribution in [0.3, 0.4) is 0 Å². The van der Waals surface area contributed by atoms with E-state index in [-0.39, 0.29) is 11.8 Å². The number of hydrogen-bond donors (Lipinski definition) is 0. The van der Waals surface area contributed by atoms with Crippen molar-refractivity contribution in [2.24, 2.45) is 0 Å². The fourth-order valence-corrected chi connectivity index (χ4v) is 2.61. The summed E-state index contributed by atoms with van der Waals surface area (Å²) in [4.78, 5) is 24.7. The summed E-state index contributed by atoms with van der Waals surface area (Å²) in [6.45, 7) is 0.0354. The second kappa shape index (κ2) is 6.93. The average Bonchev–Trinajstić information content (AvgIpc) is 2.60. The maximum absolute atomic E-state index is 11.9. The van der Waals surface area contributed by atoms with Crippen molar-refractivity contribution in [3.05, 3.63) is 59.0 Å². The fraction of sp³-hybridized carbons (Fsp3) is 0.125. The van der Waals surface area contributed by atoms with E-state index in [1.54, 1.807) is 36.5 Å². The molecule has 0 aliphatic carbocycles. The Morgan fingerprint density at radius 1 is 1.26 bits per heavy atom. The van der Waals surface area contributed by atoms with E-state index in [9.17, 15) is 4.79 Å². The van der Waals surface area contributed by atoms with E-state index in [0.717, 1.165) is 5.39 Å². The SMILES string of the molecule is CSc1ncc2cc(COC(=O)c3ccccc3)nc(Cl)c2n1. The largest absolute Gasteiger partial charge is 0.456 e. The van der Waals surface area contributed by atoms with Gasteiger partial charge in [-0.25, -0.2) is 19.7 Å². The first kappa shape index (κ1) is 15.7. The molecule has 3 rings (SSSR count). The van der Waals surface area contributed by atoms with Crippen LogP contribution in [0.5, 0.6) is 0 Å². The molecule has 5 nitrogen and oxygen atoms in total. The van der Waals surface area contributed by atoms with Gasteiger partial charge in [-0.15, -0.1) is 0 Å². The molecule has 23 heavy (non-hydrogen) atoms. The second-order valence-corrected chi connectivity index (χ2v) is 5.77. The smallest absolute Gasteiger partial charge is 0.338 e. The maximum Gasteiger partial charge on any atom is 0.338 e. The number of pyridine rings is 1. The van der Waals surface area contributed by atoms with E-state index in [2.05, 4.69) is 15.0 Å². The summed E-state index contributed by atoms with van der Waals surface area (Å²) >= 11 is 7.60. The van der Waals surface area contributed by atoms with Crippen molar-refractivity contribution in [3.8, 4) is 0 Å². The van der Waals surface area contributed by atoms with Crippen LogP contribution in [-0.2, 0) is 11.3 Å². The molecule has 0 amide bonds. The maximum atomic E-state index is 11.9. The van der Waals surface area contributed by atoms with Crippen LogP contribution in [0.2, 0.25) is 5.15 Å². The molecule has 0 N–H and O–H groups in total. The van der Waals surface area contributed by atoms with E-state index in [1.807, 2.05) is 12.3 Å². The minimum atomic E-state index is -0.405. The van der Waals surface area contributed by atoms with Crippen LogP contribution in [0.4, 0.5) is 0 Å². The number of benzene rings is 1. The Balaban J connectivity index is 1.80. The van der Waals surface area contributed by atoms with Crippen LogP contribution < -0.4 is 0 Å². The monoisotopic (exact) mass is 345 g/mol. The average molecular weight is 346 g/mol. The van der Waals surface area contributed by atoms with E-state index in [4.69, 9.17) is 16.3 Å². The van der Waals surface area contributed by atoms with Crippen LogP contribution in [-0.4, -0.2) is 27.2 Å². The zero-order valence-electron chi connectivity index (χ0n) is 12.2. The molecule has 7 heteroatoms. The third-order valence-electron chi connectivity index (χ3n) is 3.10. The lowest BCUT2D eigenvalue weighted by molar-refractivity contribution is 0.0468. The number of thioether (sulfide) groups is 1. The molecule has 2 heterocycles. The molecular formula is C16H12ClN3O2S. The molecule has 116 valence electrons. The number of hydrogen-bond acceptors (Lipinski definition) is 6. The molecule has 1 aromatic carbocycles. The highest BCUT2D eigenvalue weighted by Gasteiger charge is 2.11. The van der Waals surface area contributed by atoms with Crippen LogP contribution >= 0.6 is 23.4 Å². The molecule has 3 aromatic rings. The summed E-state index contributed by atoms with van der Waals surface area (Å²) in [7, 11) is 0. The third-order valence-corrected chi connectivity index (χ3v) is 3.92. The Kier molecular flexibility index (Phi) is 4.73. The van der Waals surface area contributed by atoms with Gasteiger partial charge >= 0.3 is 5.97 Å². The predicted molar refractivity (Wildman–Crippen MR) is 89.7 cm³/mol. The highest BCUT2D eigenvalue weighted by atomic mass is 35.5. The van der Waals surface area contributed by atoms with Gasteiger partial charge in [0.05, 0.1) is 11.3 Å². The Bertz CT molecular complexity index is 859. The zero-order chi connectivity index (χ0) is 16.2. The van der Waals surface area contributed by atoms with Gasteiger partial charge in [-0.1, -0.05) is 41.6 Å². The highest BCUT2D eigenvalue weighted by Crippen LogP contribution is 2.22. The number of halogens is 1. The quantitative estimate of drug-likeness (QED) is 0.310. The number of fused-ring (bicyclic) bond motifs is 1. The predicted octanol–water partition coefficient (Wildman–Crippen LogP) is 3.76.